The average Bonchev–Trinajstić information content (AvgIpc) is 3.23. The molecule has 2 aromatic carbocycles. The number of hydrogen-bond acceptors (Lipinski definition) is 6. The number of nitriles is 1. The number of benzene rings is 2. The summed E-state index contributed by atoms with van der Waals surface area (Å²) >= 11 is 0. The topological polar surface area (TPSA) is 119 Å². The first kappa shape index (κ1) is 18.0. The van der Waals surface area contributed by atoms with Gasteiger partial charge in [-0.15, -0.1) is 0 Å². The lowest BCUT2D eigenvalue weighted by Crippen LogP contribution is -2.33. The summed E-state index contributed by atoms with van der Waals surface area (Å²) in [5, 5.41) is 53.3. The molecule has 0 amide bonds. The van der Waals surface area contributed by atoms with Gasteiger partial charge in [-0.25, -0.2) is 0 Å². The second kappa shape index (κ2) is 5.74. The van der Waals surface area contributed by atoms with E-state index >= 15 is 0 Å². The van der Waals surface area contributed by atoms with Gasteiger partial charge in [0.15, 0.2) is 0 Å². The summed E-state index contributed by atoms with van der Waals surface area (Å²) in [6.45, 7) is 1.50. The van der Waals surface area contributed by atoms with Gasteiger partial charge in [-0.05, 0) is 19.1 Å². The van der Waals surface area contributed by atoms with E-state index in [1.807, 2.05) is 24.3 Å². The molecule has 2 aliphatic rings. The minimum absolute atomic E-state index is 0.184. The normalized spacial score (nSPS) is 27.3. The van der Waals surface area contributed by atoms with Crippen LogP contribution in [0.4, 0.5) is 0 Å². The summed E-state index contributed by atoms with van der Waals surface area (Å²) in [6.07, 6.45) is -0.458. The molecular weight excluding hydrogens is 372 g/mol. The molecule has 3 heterocycles. The maximum absolute atomic E-state index is 11.2. The van der Waals surface area contributed by atoms with Gasteiger partial charge >= 0.3 is 0 Å². The first-order valence-electron chi connectivity index (χ1n) is 9.47. The van der Waals surface area contributed by atoms with E-state index in [0.717, 1.165) is 0 Å². The zero-order valence-electron chi connectivity index (χ0n) is 15.8. The maximum Gasteiger partial charge on any atom is 0.205 e. The molecular formula is C22H20N2O5. The summed E-state index contributed by atoms with van der Waals surface area (Å²) in [5.74, 6) is -0.398. The van der Waals surface area contributed by atoms with E-state index in [1.165, 1.54) is 4.57 Å². The van der Waals surface area contributed by atoms with Gasteiger partial charge in [0, 0.05) is 30.2 Å². The Balaban J connectivity index is 1.83. The Morgan fingerprint density at radius 3 is 2.52 bits per heavy atom. The fourth-order valence-corrected chi connectivity index (χ4v) is 5.11. The Labute approximate surface area is 166 Å². The number of hydrogen-bond donors (Lipinski definition) is 4. The number of fused-ring (bicyclic) bond motifs is 6. The van der Waals surface area contributed by atoms with Gasteiger partial charge in [-0.3, -0.25) is 4.57 Å². The summed E-state index contributed by atoms with van der Waals surface area (Å²) in [5.41, 5.74) is -0.486. The lowest BCUT2D eigenvalue weighted by atomic mass is 9.76. The number of aliphatic hydroxyl groups is 2. The van der Waals surface area contributed by atoms with Crippen LogP contribution in [0.15, 0.2) is 36.4 Å². The monoisotopic (exact) mass is 392 g/mol. The van der Waals surface area contributed by atoms with E-state index in [1.54, 1.807) is 19.1 Å². The van der Waals surface area contributed by atoms with Gasteiger partial charge in [0.1, 0.15) is 11.2 Å². The van der Waals surface area contributed by atoms with E-state index in [4.69, 9.17) is 4.74 Å². The average molecular weight is 392 g/mol. The van der Waals surface area contributed by atoms with Crippen LogP contribution in [0.2, 0.25) is 0 Å². The Kier molecular flexibility index (Phi) is 3.56. The van der Waals surface area contributed by atoms with Gasteiger partial charge in [0.05, 0.1) is 34.6 Å². The Morgan fingerprint density at radius 2 is 1.83 bits per heavy atom. The number of aromatic hydroxyl groups is 2. The fraction of sp³-hybridized carbons (Fsp3) is 0.318. The van der Waals surface area contributed by atoms with E-state index in [9.17, 15) is 25.7 Å². The van der Waals surface area contributed by atoms with Crippen molar-refractivity contribution in [2.45, 2.75) is 37.1 Å². The van der Waals surface area contributed by atoms with Crippen LogP contribution in [-0.2, 0) is 15.9 Å². The molecule has 3 atom stereocenters. The van der Waals surface area contributed by atoms with Crippen molar-refractivity contribution in [1.29, 1.82) is 5.26 Å². The number of ether oxygens (including phenoxy) is 1. The Hall–Kier alpha value is -3.05. The fourth-order valence-electron chi connectivity index (χ4n) is 5.11. The van der Waals surface area contributed by atoms with Crippen LogP contribution in [0.5, 0.6) is 11.8 Å². The highest BCUT2D eigenvalue weighted by Crippen LogP contribution is 2.65. The van der Waals surface area contributed by atoms with Crippen LogP contribution in [-0.4, -0.2) is 37.7 Å². The van der Waals surface area contributed by atoms with Crippen LogP contribution in [0, 0.1) is 11.3 Å². The highest BCUT2D eigenvalue weighted by atomic mass is 16.6. The predicted molar refractivity (Wildman–Crippen MR) is 104 cm³/mol. The molecule has 0 saturated carbocycles. The van der Waals surface area contributed by atoms with Crippen LogP contribution in [0.25, 0.3) is 16.5 Å². The zero-order chi connectivity index (χ0) is 20.6. The van der Waals surface area contributed by atoms with Crippen molar-refractivity contribution in [3.05, 3.63) is 53.1 Å². The first-order chi connectivity index (χ1) is 13.9. The third-order valence-electron chi connectivity index (χ3n) is 6.42. The van der Waals surface area contributed by atoms with Crippen LogP contribution in [0.1, 0.15) is 36.5 Å². The lowest BCUT2D eigenvalue weighted by molar-refractivity contribution is -0.108. The second-order valence-electron chi connectivity index (χ2n) is 7.92. The van der Waals surface area contributed by atoms with Crippen molar-refractivity contribution in [2.24, 2.45) is 0 Å². The van der Waals surface area contributed by atoms with Crippen molar-refractivity contribution >= 4 is 10.8 Å². The van der Waals surface area contributed by atoms with Gasteiger partial charge in [0.25, 0.3) is 0 Å². The highest BCUT2D eigenvalue weighted by molar-refractivity contribution is 5.95. The smallest absolute Gasteiger partial charge is 0.205 e. The molecule has 148 valence electrons. The van der Waals surface area contributed by atoms with E-state index in [0.29, 0.717) is 33.2 Å². The number of aliphatic hydroxyl groups excluding tert-OH is 2. The largest absolute Gasteiger partial charge is 0.494 e. The van der Waals surface area contributed by atoms with Crippen LogP contribution in [0.3, 0.4) is 0 Å². The molecule has 2 aliphatic heterocycles. The third kappa shape index (κ3) is 2.06. The molecule has 4 N–H and O–H groups in total. The Bertz CT molecular complexity index is 1210. The molecule has 2 bridgehead atoms. The second-order valence-corrected chi connectivity index (χ2v) is 7.92. The molecule has 1 fully saturated rings. The quantitative estimate of drug-likeness (QED) is 0.544. The molecule has 1 aromatic heterocycles. The van der Waals surface area contributed by atoms with Gasteiger partial charge in [-0.2, -0.15) is 5.26 Å². The molecule has 0 spiro atoms. The zero-order valence-corrected chi connectivity index (χ0v) is 15.8. The third-order valence-corrected chi connectivity index (χ3v) is 6.42. The minimum Gasteiger partial charge on any atom is -0.494 e. The van der Waals surface area contributed by atoms with E-state index in [2.05, 4.69) is 6.07 Å². The van der Waals surface area contributed by atoms with Crippen molar-refractivity contribution < 1.29 is 25.2 Å². The molecule has 0 unspecified atom stereocenters. The molecule has 0 aliphatic carbocycles. The molecule has 7 heteroatoms. The highest BCUT2D eigenvalue weighted by Gasteiger charge is 2.65. The van der Waals surface area contributed by atoms with Crippen LogP contribution < -0.4 is 0 Å². The Morgan fingerprint density at radius 1 is 1.14 bits per heavy atom. The van der Waals surface area contributed by atoms with Crippen molar-refractivity contribution in [3.8, 4) is 23.5 Å². The maximum atomic E-state index is 11.2. The van der Waals surface area contributed by atoms with Crippen molar-refractivity contribution in [3.63, 3.8) is 0 Å². The van der Waals surface area contributed by atoms with E-state index < -0.39 is 17.3 Å². The number of rotatable bonds is 3. The lowest BCUT2D eigenvalue weighted by Gasteiger charge is -2.26. The molecule has 0 radical (unpaired) electrons. The molecule has 3 aromatic rings. The summed E-state index contributed by atoms with van der Waals surface area (Å²) in [7, 11) is 0. The molecule has 5 rings (SSSR count). The standard InChI is InChI=1S/C22H20N2O5/c1-21-16(26)10-22(29-21,8-9-25)18-17(21)19(27)24(20(18)28)15-7-6-12(11-23)13-4-2-3-5-14(13)15/h2-7,16,25-28H,8-10H2,1H3/t16-,21-,22+/m1/s1. The summed E-state index contributed by atoms with van der Waals surface area (Å²) < 4.78 is 7.43. The van der Waals surface area contributed by atoms with Crippen molar-refractivity contribution in [1.82, 2.24) is 4.57 Å². The van der Waals surface area contributed by atoms with Gasteiger partial charge in [0.2, 0.25) is 11.8 Å². The summed E-state index contributed by atoms with van der Waals surface area (Å²) in [6, 6.07) is 12.8. The number of nitrogens with zero attached hydrogens (tertiary/aromatic N) is 2. The van der Waals surface area contributed by atoms with E-state index in [-0.39, 0.29) is 31.2 Å². The van der Waals surface area contributed by atoms with Gasteiger partial charge < -0.3 is 25.2 Å². The SMILES string of the molecule is C[C@@]12O[C@@](CCO)(C[C@H]1O)c1c2c(O)n(-c2ccc(C#N)c3ccccc23)c1O. The molecule has 1 saturated heterocycles. The molecule has 7 nitrogen and oxygen atoms in total. The number of aromatic nitrogens is 1. The van der Waals surface area contributed by atoms with Gasteiger partial charge in [-0.1, -0.05) is 24.3 Å². The first-order valence-corrected chi connectivity index (χ1v) is 9.47. The van der Waals surface area contributed by atoms with Crippen molar-refractivity contribution in [2.75, 3.05) is 6.61 Å². The van der Waals surface area contributed by atoms with Crippen LogP contribution >= 0.6 is 0 Å². The summed E-state index contributed by atoms with van der Waals surface area (Å²) in [4.78, 5) is 0. The minimum atomic E-state index is -1.18. The predicted octanol–water partition coefficient (Wildman–Crippen LogP) is 2.50. The molecule has 29 heavy (non-hydrogen) atoms.